The Morgan fingerprint density at radius 1 is 1.06 bits per heavy atom. The van der Waals surface area contributed by atoms with Gasteiger partial charge in [0, 0.05) is 24.8 Å². The van der Waals surface area contributed by atoms with Crippen molar-refractivity contribution in [2.45, 2.75) is 38.8 Å². The third-order valence-electron chi connectivity index (χ3n) is 5.34. The molecule has 0 radical (unpaired) electrons. The predicted molar refractivity (Wildman–Crippen MR) is 123 cm³/mol. The second kappa shape index (κ2) is 11.1. The van der Waals surface area contributed by atoms with Gasteiger partial charge in [-0.05, 0) is 42.3 Å². The Labute approximate surface area is 187 Å². The van der Waals surface area contributed by atoms with Crippen molar-refractivity contribution in [1.29, 1.82) is 0 Å². The lowest BCUT2D eigenvalue weighted by atomic mass is 10.0. The molecule has 31 heavy (non-hydrogen) atoms. The molecule has 1 aromatic carbocycles. The van der Waals surface area contributed by atoms with Gasteiger partial charge >= 0.3 is 0 Å². The van der Waals surface area contributed by atoms with Gasteiger partial charge in [0.25, 0.3) is 5.91 Å². The highest BCUT2D eigenvalue weighted by Gasteiger charge is 2.28. The van der Waals surface area contributed by atoms with Crippen molar-refractivity contribution in [2.75, 3.05) is 25.0 Å². The van der Waals surface area contributed by atoms with Crippen molar-refractivity contribution in [3.05, 3.63) is 52.7 Å². The number of rotatable bonds is 8. The Morgan fingerprint density at radius 3 is 2.39 bits per heavy atom. The number of nitrogens with zero attached hydrogens (tertiary/aromatic N) is 1. The summed E-state index contributed by atoms with van der Waals surface area (Å²) >= 11 is 1.36. The zero-order valence-corrected chi connectivity index (χ0v) is 18.8. The summed E-state index contributed by atoms with van der Waals surface area (Å²) in [5.41, 5.74) is 0.791. The van der Waals surface area contributed by atoms with E-state index in [0.717, 1.165) is 31.6 Å². The lowest BCUT2D eigenvalue weighted by Crippen LogP contribution is -2.54. The van der Waals surface area contributed by atoms with Gasteiger partial charge in [0.1, 0.15) is 6.04 Å². The van der Waals surface area contributed by atoms with E-state index in [1.54, 1.807) is 6.07 Å². The van der Waals surface area contributed by atoms with Gasteiger partial charge in [-0.25, -0.2) is 0 Å². The number of hydrogen-bond donors (Lipinski definition) is 3. The lowest BCUT2D eigenvalue weighted by molar-refractivity contribution is -0.125. The second-order valence-electron chi connectivity index (χ2n) is 8.15. The van der Waals surface area contributed by atoms with Crippen LogP contribution in [0.1, 0.15) is 36.4 Å². The van der Waals surface area contributed by atoms with Gasteiger partial charge in [-0.1, -0.05) is 38.1 Å². The minimum atomic E-state index is -0.579. The summed E-state index contributed by atoms with van der Waals surface area (Å²) in [6, 6.07) is 12.4. The number of carbonyl (C=O) groups excluding carboxylic acids is 3. The molecule has 1 aromatic heterocycles. The van der Waals surface area contributed by atoms with Crippen LogP contribution in [-0.4, -0.2) is 54.3 Å². The monoisotopic (exact) mass is 442 g/mol. The Morgan fingerprint density at radius 2 is 1.77 bits per heavy atom. The van der Waals surface area contributed by atoms with E-state index in [2.05, 4.69) is 20.9 Å². The molecule has 0 bridgehead atoms. The number of likely N-dealkylation sites (tertiary alicyclic amines) is 1. The van der Waals surface area contributed by atoms with Crippen molar-refractivity contribution in [2.24, 2.45) is 5.92 Å². The first-order valence-corrected chi connectivity index (χ1v) is 11.5. The van der Waals surface area contributed by atoms with E-state index in [-0.39, 0.29) is 29.7 Å². The van der Waals surface area contributed by atoms with Gasteiger partial charge in [-0.2, -0.15) is 0 Å². The quantitative estimate of drug-likeness (QED) is 0.586. The van der Waals surface area contributed by atoms with Crippen LogP contribution in [0, 0.1) is 5.92 Å². The van der Waals surface area contributed by atoms with E-state index < -0.39 is 6.04 Å². The van der Waals surface area contributed by atoms with Crippen LogP contribution in [0.25, 0.3) is 0 Å². The van der Waals surface area contributed by atoms with Crippen LogP contribution < -0.4 is 16.0 Å². The van der Waals surface area contributed by atoms with E-state index in [4.69, 9.17) is 0 Å². The first-order chi connectivity index (χ1) is 14.9. The van der Waals surface area contributed by atoms with E-state index in [0.29, 0.717) is 11.4 Å². The number of benzene rings is 1. The Bertz CT molecular complexity index is 862. The fraction of sp³-hybridized carbons (Fsp3) is 0.435. The topological polar surface area (TPSA) is 90.5 Å². The van der Waals surface area contributed by atoms with E-state index in [9.17, 15) is 14.4 Å². The molecule has 1 aliphatic heterocycles. The zero-order valence-electron chi connectivity index (χ0n) is 18.0. The Kier molecular flexibility index (Phi) is 8.20. The van der Waals surface area contributed by atoms with E-state index >= 15 is 0 Å². The predicted octanol–water partition coefficient (Wildman–Crippen LogP) is 2.72. The Balaban J connectivity index is 1.44. The minimum absolute atomic E-state index is 0.0225. The first kappa shape index (κ1) is 23.0. The molecule has 3 amide bonds. The normalized spacial score (nSPS) is 16.0. The van der Waals surface area contributed by atoms with Crippen LogP contribution in [0.4, 0.5) is 5.69 Å². The maximum Gasteiger partial charge on any atom is 0.262 e. The van der Waals surface area contributed by atoms with Crippen molar-refractivity contribution in [1.82, 2.24) is 15.5 Å². The molecule has 2 heterocycles. The molecule has 1 saturated heterocycles. The highest BCUT2D eigenvalue weighted by Crippen LogP contribution is 2.14. The summed E-state index contributed by atoms with van der Waals surface area (Å²) in [6.45, 7) is 5.66. The molecule has 2 aromatic rings. The number of hydrogen-bond acceptors (Lipinski definition) is 5. The smallest absolute Gasteiger partial charge is 0.262 e. The van der Waals surface area contributed by atoms with Gasteiger partial charge in [-0.3, -0.25) is 19.3 Å². The molecule has 3 N–H and O–H groups in total. The highest BCUT2D eigenvalue weighted by molar-refractivity contribution is 7.12. The van der Waals surface area contributed by atoms with Gasteiger partial charge in [0.2, 0.25) is 11.8 Å². The summed E-state index contributed by atoms with van der Waals surface area (Å²) in [6.07, 6.45) is 1.54. The van der Waals surface area contributed by atoms with Crippen molar-refractivity contribution < 1.29 is 14.4 Å². The minimum Gasteiger partial charge on any atom is -0.351 e. The van der Waals surface area contributed by atoms with E-state index in [1.807, 2.05) is 55.6 Å². The molecule has 7 nitrogen and oxygen atoms in total. The molecule has 8 heteroatoms. The van der Waals surface area contributed by atoms with Crippen molar-refractivity contribution in [3.8, 4) is 0 Å². The average molecular weight is 443 g/mol. The third-order valence-corrected chi connectivity index (χ3v) is 6.21. The molecule has 1 atom stereocenters. The number of carbonyl (C=O) groups is 3. The third kappa shape index (κ3) is 6.90. The molecule has 0 saturated carbocycles. The van der Waals surface area contributed by atoms with Gasteiger partial charge in [0.05, 0.1) is 11.4 Å². The summed E-state index contributed by atoms with van der Waals surface area (Å²) in [5.74, 6) is -0.432. The largest absolute Gasteiger partial charge is 0.351 e. The van der Waals surface area contributed by atoms with Crippen LogP contribution in [0.5, 0.6) is 0 Å². The van der Waals surface area contributed by atoms with Crippen LogP contribution in [0.15, 0.2) is 47.8 Å². The number of anilines is 1. The number of amides is 3. The summed E-state index contributed by atoms with van der Waals surface area (Å²) in [7, 11) is 0. The van der Waals surface area contributed by atoms with Gasteiger partial charge in [0.15, 0.2) is 0 Å². The molecule has 0 aliphatic carbocycles. The number of nitrogens with one attached hydrogen (secondary N) is 3. The van der Waals surface area contributed by atoms with Gasteiger partial charge in [-0.15, -0.1) is 11.3 Å². The molecule has 1 fully saturated rings. The molecule has 166 valence electrons. The zero-order chi connectivity index (χ0) is 22.2. The summed E-state index contributed by atoms with van der Waals surface area (Å²) in [5, 5.41) is 10.7. The summed E-state index contributed by atoms with van der Waals surface area (Å²) < 4.78 is 0. The van der Waals surface area contributed by atoms with E-state index in [1.165, 1.54) is 11.3 Å². The second-order valence-corrected chi connectivity index (χ2v) is 9.09. The molecule has 0 spiro atoms. The molecular formula is C23H30N4O3S. The molecule has 1 aliphatic rings. The molecule has 1 unspecified atom stereocenters. The van der Waals surface area contributed by atoms with Crippen molar-refractivity contribution >= 4 is 34.7 Å². The maximum atomic E-state index is 12.8. The Hall–Kier alpha value is -2.71. The fourth-order valence-electron chi connectivity index (χ4n) is 3.61. The average Bonchev–Trinajstić information content (AvgIpc) is 3.28. The lowest BCUT2D eigenvalue weighted by Gasteiger charge is -2.33. The number of para-hydroxylation sites is 1. The maximum absolute atomic E-state index is 12.8. The van der Waals surface area contributed by atoms with Crippen LogP contribution in [0.2, 0.25) is 0 Å². The SMILES string of the molecule is CC(C)C(NC(=O)c1cccs1)C(=O)NC1CCN(CC(=O)Nc2ccccc2)CC1. The van der Waals surface area contributed by atoms with Crippen LogP contribution >= 0.6 is 11.3 Å². The van der Waals surface area contributed by atoms with Crippen LogP contribution in [-0.2, 0) is 9.59 Å². The number of thiophene rings is 1. The van der Waals surface area contributed by atoms with Gasteiger partial charge < -0.3 is 16.0 Å². The first-order valence-electron chi connectivity index (χ1n) is 10.6. The highest BCUT2D eigenvalue weighted by atomic mass is 32.1. The van der Waals surface area contributed by atoms with Crippen molar-refractivity contribution in [3.63, 3.8) is 0 Å². The van der Waals surface area contributed by atoms with Crippen LogP contribution in [0.3, 0.4) is 0 Å². The summed E-state index contributed by atoms with van der Waals surface area (Å²) in [4.78, 5) is 40.1. The molecule has 3 rings (SSSR count). The standard InChI is InChI=1S/C23H30N4O3S/c1-16(2)21(26-22(29)19-9-6-14-31-19)23(30)25-18-10-12-27(13-11-18)15-20(28)24-17-7-4-3-5-8-17/h3-9,14,16,18,21H,10-13,15H2,1-2H3,(H,24,28)(H,25,30)(H,26,29). The molecular weight excluding hydrogens is 412 g/mol. The fourth-order valence-corrected chi connectivity index (χ4v) is 4.23. The number of piperidine rings is 1.